The summed E-state index contributed by atoms with van der Waals surface area (Å²) < 4.78 is 45.0. The third kappa shape index (κ3) is 4.70. The minimum atomic E-state index is -3.51. The fraction of sp³-hybridized carbons (Fsp3) is 0.478. The Morgan fingerprint density at radius 2 is 1.77 bits per heavy atom. The minimum absolute atomic E-state index is 0.142. The predicted octanol–water partition coefficient (Wildman–Crippen LogP) is 3.61. The Labute approximate surface area is 178 Å². The van der Waals surface area contributed by atoms with Gasteiger partial charge in [0.25, 0.3) is 0 Å². The van der Waals surface area contributed by atoms with Crippen molar-refractivity contribution in [2.45, 2.75) is 48.9 Å². The molecule has 162 valence electrons. The van der Waals surface area contributed by atoms with Crippen LogP contribution in [0.4, 0.5) is 0 Å². The number of piperidine rings is 1. The number of rotatable bonds is 6. The maximum Gasteiger partial charge on any atom is 0.243 e. The molecule has 0 radical (unpaired) electrons. The summed E-state index contributed by atoms with van der Waals surface area (Å²) >= 11 is 0. The number of nitrogens with zero attached hydrogens (tertiary/aromatic N) is 1. The molecule has 0 N–H and O–H groups in total. The molecular formula is C23H29NO5S. The molecule has 2 aromatic rings. The van der Waals surface area contributed by atoms with Gasteiger partial charge in [-0.15, -0.1) is 0 Å². The average Bonchev–Trinajstić information content (AvgIpc) is 2.79. The van der Waals surface area contributed by atoms with E-state index >= 15 is 0 Å². The van der Waals surface area contributed by atoms with Crippen LogP contribution in [0.1, 0.15) is 31.2 Å². The Balaban J connectivity index is 1.35. The van der Waals surface area contributed by atoms with E-state index in [0.29, 0.717) is 49.8 Å². The van der Waals surface area contributed by atoms with Gasteiger partial charge < -0.3 is 14.2 Å². The first-order chi connectivity index (χ1) is 14.5. The Morgan fingerprint density at radius 3 is 2.43 bits per heavy atom. The highest BCUT2D eigenvalue weighted by Gasteiger charge is 2.43. The van der Waals surface area contributed by atoms with Gasteiger partial charge in [0, 0.05) is 26.1 Å². The third-order valence-corrected chi connectivity index (χ3v) is 8.02. The summed E-state index contributed by atoms with van der Waals surface area (Å²) in [5.41, 5.74) is 0.879. The second kappa shape index (κ2) is 9.06. The molecule has 0 saturated carbocycles. The van der Waals surface area contributed by atoms with Gasteiger partial charge in [0.05, 0.1) is 30.3 Å². The maximum absolute atomic E-state index is 13.0. The van der Waals surface area contributed by atoms with Crippen LogP contribution < -0.4 is 4.74 Å². The van der Waals surface area contributed by atoms with Gasteiger partial charge in [0.1, 0.15) is 5.75 Å². The lowest BCUT2D eigenvalue weighted by atomic mass is 9.84. The van der Waals surface area contributed by atoms with Crippen molar-refractivity contribution in [1.82, 2.24) is 4.31 Å². The molecule has 6 nitrogen and oxygen atoms in total. The van der Waals surface area contributed by atoms with Gasteiger partial charge in [-0.1, -0.05) is 30.3 Å². The van der Waals surface area contributed by atoms with Crippen LogP contribution in [0.2, 0.25) is 0 Å². The summed E-state index contributed by atoms with van der Waals surface area (Å²) in [6.45, 7) is 2.17. The number of ether oxygens (including phenoxy) is 3. The summed E-state index contributed by atoms with van der Waals surface area (Å²) in [7, 11) is -1.95. The van der Waals surface area contributed by atoms with Crippen molar-refractivity contribution < 1.29 is 22.6 Å². The third-order valence-electron chi connectivity index (χ3n) is 6.11. The smallest absolute Gasteiger partial charge is 0.243 e. The molecule has 30 heavy (non-hydrogen) atoms. The molecule has 1 unspecified atom stereocenters. The number of methoxy groups -OCH3 is 1. The molecule has 2 heterocycles. The van der Waals surface area contributed by atoms with Crippen LogP contribution >= 0.6 is 0 Å². The summed E-state index contributed by atoms with van der Waals surface area (Å²) in [4.78, 5) is 0.299. The molecule has 2 aromatic carbocycles. The quantitative estimate of drug-likeness (QED) is 0.699. The van der Waals surface area contributed by atoms with Crippen LogP contribution in [0.5, 0.6) is 5.75 Å². The molecule has 2 aliphatic rings. The highest BCUT2D eigenvalue weighted by atomic mass is 32.2. The summed E-state index contributed by atoms with van der Waals surface area (Å²) in [5.74, 6) is 0.642. The van der Waals surface area contributed by atoms with E-state index in [2.05, 4.69) is 12.1 Å². The number of benzene rings is 2. The monoisotopic (exact) mass is 431 g/mol. The van der Waals surface area contributed by atoms with Crippen LogP contribution in [0.15, 0.2) is 59.5 Å². The zero-order valence-electron chi connectivity index (χ0n) is 17.3. The van der Waals surface area contributed by atoms with Crippen LogP contribution in [0, 0.1) is 0 Å². The Bertz CT molecular complexity index is 922. The lowest BCUT2D eigenvalue weighted by molar-refractivity contribution is -0.153. The Morgan fingerprint density at radius 1 is 1.07 bits per heavy atom. The Kier molecular flexibility index (Phi) is 6.43. The van der Waals surface area contributed by atoms with E-state index < -0.39 is 10.0 Å². The minimum Gasteiger partial charge on any atom is -0.497 e. The molecule has 0 bridgehead atoms. The van der Waals surface area contributed by atoms with Gasteiger partial charge >= 0.3 is 0 Å². The SMILES string of the molecule is COc1ccc(S(=O)(=O)N2CCC3(CC2)CC(OCc2ccccc2)CCO3)cc1. The highest BCUT2D eigenvalue weighted by molar-refractivity contribution is 7.89. The van der Waals surface area contributed by atoms with Gasteiger partial charge in [-0.05, 0) is 49.1 Å². The van der Waals surface area contributed by atoms with Crippen LogP contribution in [0.3, 0.4) is 0 Å². The Hall–Kier alpha value is -1.93. The van der Waals surface area contributed by atoms with Crippen LogP contribution in [-0.4, -0.2) is 51.2 Å². The summed E-state index contributed by atoms with van der Waals surface area (Å²) in [6.07, 6.45) is 3.21. The number of hydrogen-bond acceptors (Lipinski definition) is 5. The molecule has 0 aromatic heterocycles. The molecule has 1 spiro atoms. The van der Waals surface area contributed by atoms with Gasteiger partial charge in [0.2, 0.25) is 10.0 Å². The number of hydrogen-bond donors (Lipinski definition) is 0. The number of sulfonamides is 1. The largest absolute Gasteiger partial charge is 0.497 e. The molecule has 0 amide bonds. The first kappa shape index (κ1) is 21.3. The van der Waals surface area contributed by atoms with Crippen molar-refractivity contribution in [2.24, 2.45) is 0 Å². The van der Waals surface area contributed by atoms with Crippen molar-refractivity contribution in [3.63, 3.8) is 0 Å². The first-order valence-electron chi connectivity index (χ1n) is 10.4. The van der Waals surface area contributed by atoms with Crippen molar-refractivity contribution >= 4 is 10.0 Å². The van der Waals surface area contributed by atoms with E-state index in [1.54, 1.807) is 35.7 Å². The van der Waals surface area contributed by atoms with Crippen molar-refractivity contribution in [3.05, 3.63) is 60.2 Å². The second-order valence-corrected chi connectivity index (χ2v) is 9.96. The molecule has 0 aliphatic carbocycles. The van der Waals surface area contributed by atoms with Gasteiger partial charge in [0.15, 0.2) is 0 Å². The lowest BCUT2D eigenvalue weighted by Crippen LogP contribution is -2.51. The molecule has 7 heteroatoms. The normalized spacial score (nSPS) is 22.1. The molecule has 1 atom stereocenters. The van der Waals surface area contributed by atoms with Crippen molar-refractivity contribution in [3.8, 4) is 5.75 Å². The molecule has 2 fully saturated rings. The molecule has 2 aliphatic heterocycles. The van der Waals surface area contributed by atoms with Crippen molar-refractivity contribution in [2.75, 3.05) is 26.8 Å². The van der Waals surface area contributed by atoms with E-state index in [0.717, 1.165) is 12.8 Å². The van der Waals surface area contributed by atoms with Crippen LogP contribution in [-0.2, 0) is 26.1 Å². The molecule has 4 rings (SSSR count). The van der Waals surface area contributed by atoms with E-state index in [1.807, 2.05) is 18.2 Å². The standard InChI is InChI=1S/C23H29NO5S/c1-27-20-7-9-22(10-8-20)30(25,26)24-14-12-23(13-15-24)17-21(11-16-29-23)28-18-19-5-3-2-4-6-19/h2-10,21H,11-18H2,1H3. The average molecular weight is 432 g/mol. The zero-order chi connectivity index (χ0) is 21.0. The topological polar surface area (TPSA) is 65.1 Å². The van der Waals surface area contributed by atoms with Crippen LogP contribution in [0.25, 0.3) is 0 Å². The maximum atomic E-state index is 13.0. The second-order valence-electron chi connectivity index (χ2n) is 8.02. The van der Waals surface area contributed by atoms with E-state index in [-0.39, 0.29) is 11.7 Å². The highest BCUT2D eigenvalue weighted by Crippen LogP contribution is 2.37. The summed E-state index contributed by atoms with van der Waals surface area (Å²) in [6, 6.07) is 16.7. The van der Waals surface area contributed by atoms with Gasteiger partial charge in [-0.25, -0.2) is 8.42 Å². The molecule has 2 saturated heterocycles. The predicted molar refractivity (Wildman–Crippen MR) is 114 cm³/mol. The lowest BCUT2D eigenvalue weighted by Gasteiger charge is -2.45. The van der Waals surface area contributed by atoms with E-state index in [9.17, 15) is 8.42 Å². The van der Waals surface area contributed by atoms with Crippen molar-refractivity contribution in [1.29, 1.82) is 0 Å². The zero-order valence-corrected chi connectivity index (χ0v) is 18.1. The fourth-order valence-electron chi connectivity index (χ4n) is 4.29. The van der Waals surface area contributed by atoms with E-state index in [1.165, 1.54) is 5.56 Å². The van der Waals surface area contributed by atoms with Gasteiger partial charge in [-0.3, -0.25) is 0 Å². The summed E-state index contributed by atoms with van der Waals surface area (Å²) in [5, 5.41) is 0. The fourth-order valence-corrected chi connectivity index (χ4v) is 5.73. The first-order valence-corrected chi connectivity index (χ1v) is 11.9. The molecular weight excluding hydrogens is 402 g/mol. The van der Waals surface area contributed by atoms with E-state index in [4.69, 9.17) is 14.2 Å². The van der Waals surface area contributed by atoms with Gasteiger partial charge in [-0.2, -0.15) is 4.31 Å².